The van der Waals surface area contributed by atoms with Gasteiger partial charge in [0.15, 0.2) is 0 Å². The van der Waals surface area contributed by atoms with Crippen LogP contribution in [0.1, 0.15) is 20.8 Å². The average molecular weight is 450 g/mol. The van der Waals surface area contributed by atoms with Crippen LogP contribution in [0.5, 0.6) is 0 Å². The van der Waals surface area contributed by atoms with Gasteiger partial charge in [0, 0.05) is 41.6 Å². The molecule has 5 nitrogen and oxygen atoms in total. The Bertz CT molecular complexity index is 342. The number of thioether (sulfide) groups is 2. The monoisotopic (exact) mass is 449 g/mol. The first kappa shape index (κ1) is 29.3. The van der Waals surface area contributed by atoms with E-state index in [9.17, 15) is 0 Å². The highest BCUT2D eigenvalue weighted by Gasteiger charge is 2.13. The maximum absolute atomic E-state index is 8.24. The van der Waals surface area contributed by atoms with E-state index in [0.29, 0.717) is 17.0 Å². The van der Waals surface area contributed by atoms with E-state index < -0.39 is 0 Å². The molecular formula is C13H27N3O2S6. The quantitative estimate of drug-likeness (QED) is 0.380. The molecular weight excluding hydrogens is 423 g/mol. The third-order valence-electron chi connectivity index (χ3n) is 2.03. The molecule has 2 saturated heterocycles. The predicted molar refractivity (Wildman–Crippen MR) is 124 cm³/mol. The summed E-state index contributed by atoms with van der Waals surface area (Å²) < 4.78 is 3.82. The molecule has 0 bridgehead atoms. The fourth-order valence-electron chi connectivity index (χ4n) is 0.986. The van der Waals surface area contributed by atoms with E-state index in [1.54, 1.807) is 30.4 Å². The molecule has 11 heteroatoms. The lowest BCUT2D eigenvalue weighted by atomic mass is 10.4. The molecule has 2 rings (SSSR count). The van der Waals surface area contributed by atoms with Crippen LogP contribution >= 0.6 is 72.4 Å². The molecule has 2 aliphatic rings. The lowest BCUT2D eigenvalue weighted by Gasteiger charge is -1.91. The van der Waals surface area contributed by atoms with E-state index in [1.165, 1.54) is 0 Å². The largest absolute Gasteiger partial charge is 0.400 e. The third kappa shape index (κ3) is 24.8. The minimum atomic E-state index is -0.338. The normalized spacial score (nSPS) is 21.5. The number of aliphatic hydroxyl groups is 2. The standard InChI is InChI=1S/2C4H7NS2.C3H9NO.CH4O.CS2/c2*1-3-2-5-4(6)7-3;1-3(5)2-4;1-2;2-1-3/h2*3H,2H2,1H3,(H,5,6);3,5H,2,4H2,1H3;2H,1H3;. The average Bonchev–Trinajstić information content (AvgIpc) is 3.10. The van der Waals surface area contributed by atoms with Crippen molar-refractivity contribution in [1.29, 1.82) is 0 Å². The first-order chi connectivity index (χ1) is 11.3. The van der Waals surface area contributed by atoms with Crippen LogP contribution in [0.3, 0.4) is 0 Å². The van der Waals surface area contributed by atoms with E-state index >= 15 is 0 Å². The van der Waals surface area contributed by atoms with E-state index in [1.807, 2.05) is 4.31 Å². The van der Waals surface area contributed by atoms with Crippen LogP contribution in [0.15, 0.2) is 0 Å². The zero-order valence-electron chi connectivity index (χ0n) is 14.3. The molecule has 2 aliphatic heterocycles. The van der Waals surface area contributed by atoms with E-state index in [0.717, 1.165) is 28.8 Å². The Morgan fingerprint density at radius 2 is 1.38 bits per heavy atom. The van der Waals surface area contributed by atoms with Crippen molar-refractivity contribution in [3.8, 4) is 0 Å². The Hall–Kier alpha value is 0.580. The summed E-state index contributed by atoms with van der Waals surface area (Å²) in [5.41, 5.74) is 4.92. The highest BCUT2D eigenvalue weighted by molar-refractivity contribution is 8.24. The van der Waals surface area contributed by atoms with Crippen molar-refractivity contribution in [3.05, 3.63) is 0 Å². The van der Waals surface area contributed by atoms with Gasteiger partial charge in [-0.1, -0.05) is 61.8 Å². The molecule has 0 radical (unpaired) electrons. The highest BCUT2D eigenvalue weighted by Crippen LogP contribution is 2.16. The van der Waals surface area contributed by atoms with Crippen molar-refractivity contribution in [2.45, 2.75) is 37.4 Å². The molecule has 0 amide bonds. The SMILES string of the molecule is CC(O)CN.CC1CNC(=S)S1.CC1CNC(=S)S1.CO.S=C=S. The molecule has 0 saturated carbocycles. The zero-order chi connectivity index (χ0) is 19.5. The molecule has 6 N–H and O–H groups in total. The maximum atomic E-state index is 8.24. The zero-order valence-corrected chi connectivity index (χ0v) is 19.2. The molecule has 0 aromatic rings. The van der Waals surface area contributed by atoms with Gasteiger partial charge in [0.1, 0.15) is 8.64 Å². The van der Waals surface area contributed by atoms with Crippen molar-refractivity contribution in [3.63, 3.8) is 0 Å². The number of nitrogens with two attached hydrogens (primary N) is 1. The molecule has 3 unspecified atom stereocenters. The Morgan fingerprint density at radius 1 is 1.12 bits per heavy atom. The maximum Gasteiger partial charge on any atom is 0.134 e. The molecule has 3 atom stereocenters. The van der Waals surface area contributed by atoms with Gasteiger partial charge < -0.3 is 26.6 Å². The molecule has 24 heavy (non-hydrogen) atoms. The van der Waals surface area contributed by atoms with Crippen molar-refractivity contribution in [1.82, 2.24) is 10.6 Å². The van der Waals surface area contributed by atoms with Crippen LogP contribution in [-0.2, 0) is 0 Å². The number of hydrogen-bond acceptors (Lipinski definition) is 9. The predicted octanol–water partition coefficient (Wildman–Crippen LogP) is 1.94. The van der Waals surface area contributed by atoms with Crippen LogP contribution < -0.4 is 16.4 Å². The van der Waals surface area contributed by atoms with Crippen molar-refractivity contribution in [2.24, 2.45) is 5.73 Å². The number of aliphatic hydroxyl groups excluding tert-OH is 2. The van der Waals surface area contributed by atoms with Gasteiger partial charge in [0.2, 0.25) is 0 Å². The van der Waals surface area contributed by atoms with Crippen LogP contribution in [0.25, 0.3) is 0 Å². The van der Waals surface area contributed by atoms with E-state index in [4.69, 9.17) is 40.4 Å². The topological polar surface area (TPSA) is 90.5 Å². The highest BCUT2D eigenvalue weighted by atomic mass is 32.2. The molecule has 0 spiro atoms. The van der Waals surface area contributed by atoms with Crippen LogP contribution in [0, 0.1) is 0 Å². The number of thiocarbonyl (C=S) groups is 4. The van der Waals surface area contributed by atoms with Gasteiger partial charge in [-0.2, -0.15) is 0 Å². The molecule has 0 aromatic heterocycles. The first-order valence-electron chi connectivity index (χ1n) is 6.97. The van der Waals surface area contributed by atoms with E-state index in [-0.39, 0.29) is 6.10 Å². The lowest BCUT2D eigenvalue weighted by Crippen LogP contribution is -2.14. The number of rotatable bonds is 1. The summed E-state index contributed by atoms with van der Waals surface area (Å²) in [4.78, 5) is 0. The summed E-state index contributed by atoms with van der Waals surface area (Å²) >= 11 is 21.1. The van der Waals surface area contributed by atoms with Gasteiger partial charge in [-0.3, -0.25) is 0 Å². The van der Waals surface area contributed by atoms with Gasteiger partial charge in [-0.15, -0.1) is 0 Å². The molecule has 2 fully saturated rings. The smallest absolute Gasteiger partial charge is 0.134 e. The van der Waals surface area contributed by atoms with E-state index in [2.05, 4.69) is 48.9 Å². The minimum absolute atomic E-state index is 0.338. The van der Waals surface area contributed by atoms with Crippen LogP contribution in [0.4, 0.5) is 0 Å². The van der Waals surface area contributed by atoms with Crippen molar-refractivity contribution in [2.75, 3.05) is 26.7 Å². The van der Waals surface area contributed by atoms with Gasteiger partial charge in [-0.25, -0.2) is 0 Å². The third-order valence-corrected chi connectivity index (χ3v) is 4.75. The first-order valence-corrected chi connectivity index (χ1v) is 10.4. The second kappa shape index (κ2) is 21.6. The summed E-state index contributed by atoms with van der Waals surface area (Å²) in [6.45, 7) is 8.43. The summed E-state index contributed by atoms with van der Waals surface area (Å²) in [5.74, 6) is 0. The molecule has 142 valence electrons. The summed E-state index contributed by atoms with van der Waals surface area (Å²) in [6.07, 6.45) is -0.338. The van der Waals surface area contributed by atoms with Gasteiger partial charge in [-0.05, 0) is 31.4 Å². The molecule has 0 aliphatic carbocycles. The Balaban J connectivity index is -0.000000247. The minimum Gasteiger partial charge on any atom is -0.400 e. The fraction of sp³-hybridized carbons (Fsp3) is 0.769. The van der Waals surface area contributed by atoms with Gasteiger partial charge in [0.05, 0.1) is 6.10 Å². The second-order valence-electron chi connectivity index (χ2n) is 4.36. The van der Waals surface area contributed by atoms with Crippen LogP contribution in [0.2, 0.25) is 0 Å². The summed E-state index contributed by atoms with van der Waals surface area (Å²) in [6, 6.07) is 0. The Kier molecular flexibility index (Phi) is 26.4. The number of hydrogen-bond donors (Lipinski definition) is 5. The van der Waals surface area contributed by atoms with Crippen molar-refractivity contribution >= 4 is 85.4 Å². The van der Waals surface area contributed by atoms with Crippen LogP contribution in [-0.4, -0.2) is 66.5 Å². The van der Waals surface area contributed by atoms with Crippen molar-refractivity contribution < 1.29 is 10.2 Å². The lowest BCUT2D eigenvalue weighted by molar-refractivity contribution is 0.203. The Morgan fingerprint density at radius 3 is 1.42 bits per heavy atom. The second-order valence-corrected chi connectivity index (χ2v) is 9.26. The summed E-state index contributed by atoms with van der Waals surface area (Å²) in [5, 5.41) is 22.7. The number of nitrogens with one attached hydrogen (secondary N) is 2. The van der Waals surface area contributed by atoms with Gasteiger partial charge in [0.25, 0.3) is 0 Å². The fourth-order valence-corrected chi connectivity index (χ4v) is 3.54. The molecule has 2 heterocycles. The summed E-state index contributed by atoms with van der Waals surface area (Å²) in [7, 11) is 1.00. The molecule has 0 aromatic carbocycles. The van der Waals surface area contributed by atoms with Gasteiger partial charge >= 0.3 is 0 Å². The Labute approximate surface area is 175 Å².